The molecule has 2 aliphatic rings. The highest BCUT2D eigenvalue weighted by Crippen LogP contribution is 2.32. The van der Waals surface area contributed by atoms with Crippen molar-refractivity contribution in [2.75, 3.05) is 19.2 Å². The van der Waals surface area contributed by atoms with E-state index in [2.05, 4.69) is 5.32 Å². The van der Waals surface area contributed by atoms with Gasteiger partial charge in [-0.2, -0.15) is 0 Å². The molecule has 6 nitrogen and oxygen atoms in total. The van der Waals surface area contributed by atoms with Crippen molar-refractivity contribution in [1.82, 2.24) is 4.90 Å². The summed E-state index contributed by atoms with van der Waals surface area (Å²) in [5, 5.41) is 2.88. The van der Waals surface area contributed by atoms with E-state index in [0.29, 0.717) is 28.6 Å². The first-order valence-corrected chi connectivity index (χ1v) is 10.1. The lowest BCUT2D eigenvalue weighted by atomic mass is 9.94. The Bertz CT molecular complexity index is 892. The second-order valence-electron chi connectivity index (χ2n) is 7.62. The van der Waals surface area contributed by atoms with Crippen LogP contribution in [-0.4, -0.2) is 36.6 Å². The van der Waals surface area contributed by atoms with E-state index in [-0.39, 0.29) is 18.6 Å². The summed E-state index contributed by atoms with van der Waals surface area (Å²) < 4.78 is 11.0. The summed E-state index contributed by atoms with van der Waals surface area (Å²) >= 11 is 0. The molecule has 0 radical (unpaired) electrons. The Morgan fingerprint density at radius 1 is 1.03 bits per heavy atom. The second kappa shape index (κ2) is 8.66. The molecule has 0 aromatic heterocycles. The molecule has 152 valence electrons. The van der Waals surface area contributed by atoms with Crippen LogP contribution in [0.2, 0.25) is 0 Å². The van der Waals surface area contributed by atoms with E-state index in [1.165, 1.54) is 19.3 Å². The fourth-order valence-electron chi connectivity index (χ4n) is 4.08. The predicted molar refractivity (Wildman–Crippen MR) is 110 cm³/mol. The van der Waals surface area contributed by atoms with Gasteiger partial charge in [0.05, 0.1) is 0 Å². The van der Waals surface area contributed by atoms with Crippen molar-refractivity contribution < 1.29 is 19.1 Å². The van der Waals surface area contributed by atoms with Crippen molar-refractivity contribution in [2.45, 2.75) is 44.2 Å². The molecule has 2 amide bonds. The maximum absolute atomic E-state index is 12.9. The molecule has 0 saturated heterocycles. The van der Waals surface area contributed by atoms with E-state index in [0.717, 1.165) is 12.8 Å². The van der Waals surface area contributed by atoms with E-state index < -0.39 is 6.10 Å². The van der Waals surface area contributed by atoms with Gasteiger partial charge in [0.2, 0.25) is 0 Å². The molecular weight excluding hydrogens is 368 g/mol. The zero-order valence-electron chi connectivity index (χ0n) is 16.6. The summed E-state index contributed by atoms with van der Waals surface area (Å²) in [6.45, 7) is 0.0276. The van der Waals surface area contributed by atoms with Gasteiger partial charge in [-0.15, -0.1) is 0 Å². The predicted octanol–water partition coefficient (Wildman–Crippen LogP) is 4.14. The summed E-state index contributed by atoms with van der Waals surface area (Å²) in [5.41, 5.74) is 1.84. The van der Waals surface area contributed by atoms with Gasteiger partial charge in [-0.1, -0.05) is 43.5 Å². The molecule has 2 aromatic rings. The van der Waals surface area contributed by atoms with E-state index in [9.17, 15) is 9.59 Å². The second-order valence-corrected chi connectivity index (χ2v) is 7.62. The average Bonchev–Trinajstić information content (AvgIpc) is 2.78. The number of carbonyl (C=O) groups is 2. The Hall–Kier alpha value is -2.86. The number of nitrogens with one attached hydrogen (secondary N) is 1. The van der Waals surface area contributed by atoms with Gasteiger partial charge in [0.25, 0.3) is 11.8 Å². The summed E-state index contributed by atoms with van der Waals surface area (Å²) in [5.74, 6) is 0.351. The number of hydrogen-bond donors (Lipinski definition) is 1. The Kier molecular flexibility index (Phi) is 5.81. The van der Waals surface area contributed by atoms with Gasteiger partial charge in [0, 0.05) is 29.9 Å². The normalized spacial score (nSPS) is 19.0. The molecule has 1 aliphatic heterocycles. The van der Waals surface area contributed by atoms with Crippen LogP contribution in [0.5, 0.6) is 5.75 Å². The van der Waals surface area contributed by atoms with Crippen LogP contribution in [0.4, 0.5) is 5.69 Å². The van der Waals surface area contributed by atoms with Gasteiger partial charge in [0.15, 0.2) is 12.9 Å². The van der Waals surface area contributed by atoms with Crippen LogP contribution >= 0.6 is 0 Å². The molecule has 1 atom stereocenters. The number of hydrogen-bond acceptors (Lipinski definition) is 4. The first kappa shape index (κ1) is 19.5. The van der Waals surface area contributed by atoms with Crippen LogP contribution in [-0.2, 0) is 9.53 Å². The lowest BCUT2D eigenvalue weighted by molar-refractivity contribution is -0.136. The minimum Gasteiger partial charge on any atom is -0.467 e. The van der Waals surface area contributed by atoms with Gasteiger partial charge in [-0.3, -0.25) is 9.59 Å². The highest BCUT2D eigenvalue weighted by atomic mass is 16.7. The summed E-state index contributed by atoms with van der Waals surface area (Å²) in [4.78, 5) is 27.6. The van der Waals surface area contributed by atoms with E-state index in [1.807, 2.05) is 36.2 Å². The van der Waals surface area contributed by atoms with Gasteiger partial charge < -0.3 is 19.7 Å². The minimum atomic E-state index is -0.746. The Morgan fingerprint density at radius 2 is 1.83 bits per heavy atom. The lowest BCUT2D eigenvalue weighted by Crippen LogP contribution is -2.38. The summed E-state index contributed by atoms with van der Waals surface area (Å²) in [6, 6.07) is 14.7. The minimum absolute atomic E-state index is 0.0133. The number of benzene rings is 2. The van der Waals surface area contributed by atoms with Gasteiger partial charge in [-0.25, -0.2) is 0 Å². The molecule has 1 unspecified atom stereocenters. The molecule has 2 aromatic carbocycles. The van der Waals surface area contributed by atoms with Crippen molar-refractivity contribution in [2.24, 2.45) is 0 Å². The molecule has 6 heteroatoms. The molecule has 1 saturated carbocycles. The summed E-state index contributed by atoms with van der Waals surface area (Å²) in [6.07, 6.45) is 4.95. The molecule has 1 fully saturated rings. The highest BCUT2D eigenvalue weighted by molar-refractivity contribution is 5.98. The molecule has 29 heavy (non-hydrogen) atoms. The van der Waals surface area contributed by atoms with Crippen molar-refractivity contribution in [1.29, 1.82) is 0 Å². The molecular formula is C23H26N2O4. The number of nitrogens with zero attached hydrogens (tertiary/aromatic N) is 1. The molecule has 1 N–H and O–H groups in total. The molecule has 1 heterocycles. The first-order chi connectivity index (χ1) is 14.1. The third kappa shape index (κ3) is 4.27. The van der Waals surface area contributed by atoms with Gasteiger partial charge in [-0.05, 0) is 37.1 Å². The number of anilines is 1. The van der Waals surface area contributed by atoms with Crippen molar-refractivity contribution in [3.63, 3.8) is 0 Å². The number of fused-ring (bicyclic) bond motifs is 1. The SMILES string of the molecule is CN(C(=O)c1cccc(NC(=O)C2OCOc3ccccc32)c1)C1CCCCC1. The van der Waals surface area contributed by atoms with Crippen LogP contribution in [0, 0.1) is 0 Å². The van der Waals surface area contributed by atoms with Crippen LogP contribution < -0.4 is 10.1 Å². The molecule has 1 aliphatic carbocycles. The maximum atomic E-state index is 12.9. The van der Waals surface area contributed by atoms with Crippen LogP contribution in [0.25, 0.3) is 0 Å². The lowest BCUT2D eigenvalue weighted by Gasteiger charge is -2.31. The van der Waals surface area contributed by atoms with Crippen LogP contribution in [0.15, 0.2) is 48.5 Å². The molecule has 0 bridgehead atoms. The number of para-hydroxylation sites is 1. The first-order valence-electron chi connectivity index (χ1n) is 10.1. The third-order valence-electron chi connectivity index (χ3n) is 5.71. The number of rotatable bonds is 4. The van der Waals surface area contributed by atoms with Crippen LogP contribution in [0.3, 0.4) is 0 Å². The van der Waals surface area contributed by atoms with E-state index in [1.54, 1.807) is 24.3 Å². The van der Waals surface area contributed by atoms with Gasteiger partial charge >= 0.3 is 0 Å². The average molecular weight is 394 g/mol. The monoisotopic (exact) mass is 394 g/mol. The Morgan fingerprint density at radius 3 is 2.66 bits per heavy atom. The van der Waals surface area contributed by atoms with E-state index >= 15 is 0 Å². The molecule has 0 spiro atoms. The Balaban J connectivity index is 1.46. The van der Waals surface area contributed by atoms with E-state index in [4.69, 9.17) is 9.47 Å². The van der Waals surface area contributed by atoms with Crippen molar-refractivity contribution >= 4 is 17.5 Å². The topological polar surface area (TPSA) is 67.9 Å². The standard InChI is InChI=1S/C23H26N2O4/c1-25(18-10-3-2-4-11-18)23(27)16-8-7-9-17(14-16)24-22(26)21-19-12-5-6-13-20(19)28-15-29-21/h5-9,12-14,18,21H,2-4,10-11,15H2,1H3,(H,24,26). The zero-order chi connectivity index (χ0) is 20.2. The fraction of sp³-hybridized carbons (Fsp3) is 0.391. The summed E-state index contributed by atoms with van der Waals surface area (Å²) in [7, 11) is 1.87. The van der Waals surface area contributed by atoms with Crippen molar-refractivity contribution in [3.8, 4) is 5.75 Å². The Labute approximate surface area is 170 Å². The highest BCUT2D eigenvalue weighted by Gasteiger charge is 2.29. The van der Waals surface area contributed by atoms with Crippen molar-refractivity contribution in [3.05, 3.63) is 59.7 Å². The maximum Gasteiger partial charge on any atom is 0.258 e. The largest absolute Gasteiger partial charge is 0.467 e. The number of amides is 2. The smallest absolute Gasteiger partial charge is 0.258 e. The van der Waals surface area contributed by atoms with Gasteiger partial charge in [0.1, 0.15) is 5.75 Å². The van der Waals surface area contributed by atoms with Crippen LogP contribution in [0.1, 0.15) is 54.1 Å². The number of ether oxygens (including phenoxy) is 2. The zero-order valence-corrected chi connectivity index (χ0v) is 16.6. The molecule has 4 rings (SSSR count). The quantitative estimate of drug-likeness (QED) is 0.846. The third-order valence-corrected chi connectivity index (χ3v) is 5.71. The number of carbonyl (C=O) groups excluding carboxylic acids is 2. The fourth-order valence-corrected chi connectivity index (χ4v) is 4.08.